The predicted octanol–water partition coefficient (Wildman–Crippen LogP) is 4.42. The summed E-state index contributed by atoms with van der Waals surface area (Å²) in [4.78, 5) is 32.7. The smallest absolute Gasteiger partial charge is 0.252 e. The van der Waals surface area contributed by atoms with Gasteiger partial charge >= 0.3 is 0 Å². The van der Waals surface area contributed by atoms with Gasteiger partial charge in [0.2, 0.25) is 0 Å². The van der Waals surface area contributed by atoms with Gasteiger partial charge in [0, 0.05) is 17.0 Å². The molecule has 1 unspecified atom stereocenters. The zero-order valence-corrected chi connectivity index (χ0v) is 16.3. The normalized spacial score (nSPS) is 19.5. The molecule has 26 heavy (non-hydrogen) atoms. The first-order valence-electron chi connectivity index (χ1n) is 7.82. The van der Waals surface area contributed by atoms with E-state index in [9.17, 15) is 9.59 Å². The van der Waals surface area contributed by atoms with E-state index >= 15 is 0 Å². The number of thiazole rings is 1. The molecule has 1 aliphatic rings. The minimum absolute atomic E-state index is 0.261. The van der Waals surface area contributed by atoms with Crippen LogP contribution in [0.2, 0.25) is 5.02 Å². The second-order valence-electron chi connectivity index (χ2n) is 6.05. The van der Waals surface area contributed by atoms with Crippen LogP contribution < -0.4 is 10.2 Å². The number of nitrogens with one attached hydrogen (secondary N) is 1. The number of fused-ring (bicyclic) bond motifs is 2. The summed E-state index contributed by atoms with van der Waals surface area (Å²) >= 11 is 8.59. The first-order valence-corrected chi connectivity index (χ1v) is 9.83. The van der Waals surface area contributed by atoms with Gasteiger partial charge in [0.1, 0.15) is 0 Å². The van der Waals surface area contributed by atoms with Crippen molar-refractivity contribution >= 4 is 67.5 Å². The van der Waals surface area contributed by atoms with E-state index in [2.05, 4.69) is 10.3 Å². The SMILES string of the molecule is CN1C(=O)C(C)(C(=O)Nc2nc3ccc(Cl)cc3s2)Sc2ccccc21. The average molecular weight is 404 g/mol. The Morgan fingerprint density at radius 3 is 2.85 bits per heavy atom. The molecule has 0 saturated heterocycles. The lowest BCUT2D eigenvalue weighted by atomic mass is 10.1. The van der Waals surface area contributed by atoms with E-state index in [-0.39, 0.29) is 11.8 Å². The highest BCUT2D eigenvalue weighted by Gasteiger charge is 2.48. The van der Waals surface area contributed by atoms with E-state index < -0.39 is 4.75 Å². The highest BCUT2D eigenvalue weighted by Crippen LogP contribution is 2.45. The summed E-state index contributed by atoms with van der Waals surface area (Å²) in [6, 6.07) is 12.9. The van der Waals surface area contributed by atoms with Crippen molar-refractivity contribution in [3.63, 3.8) is 0 Å². The molecule has 2 aromatic carbocycles. The second-order valence-corrected chi connectivity index (χ2v) is 8.98. The molecule has 1 atom stereocenters. The number of aromatic nitrogens is 1. The topological polar surface area (TPSA) is 62.3 Å². The Kier molecular flexibility index (Phi) is 4.17. The third-order valence-electron chi connectivity index (χ3n) is 4.26. The third-order valence-corrected chi connectivity index (χ3v) is 6.76. The van der Waals surface area contributed by atoms with Crippen LogP contribution in [0.3, 0.4) is 0 Å². The number of para-hydroxylation sites is 1. The maximum absolute atomic E-state index is 13.0. The molecule has 0 fully saturated rings. The number of nitrogens with zero attached hydrogens (tertiary/aromatic N) is 2. The summed E-state index contributed by atoms with van der Waals surface area (Å²) in [6.45, 7) is 1.64. The molecule has 0 aliphatic carbocycles. The van der Waals surface area contributed by atoms with E-state index in [0.29, 0.717) is 10.2 Å². The van der Waals surface area contributed by atoms with Crippen molar-refractivity contribution in [2.75, 3.05) is 17.3 Å². The van der Waals surface area contributed by atoms with Gasteiger partial charge in [-0.05, 0) is 37.3 Å². The van der Waals surface area contributed by atoms with E-state index in [0.717, 1.165) is 20.8 Å². The summed E-state index contributed by atoms with van der Waals surface area (Å²) in [5.41, 5.74) is 1.56. The zero-order valence-electron chi connectivity index (χ0n) is 13.9. The fourth-order valence-electron chi connectivity index (χ4n) is 2.83. The molecule has 5 nitrogen and oxygen atoms in total. The summed E-state index contributed by atoms with van der Waals surface area (Å²) in [6.07, 6.45) is 0. The lowest BCUT2D eigenvalue weighted by Gasteiger charge is -2.36. The Bertz CT molecular complexity index is 1050. The molecule has 1 aromatic heterocycles. The van der Waals surface area contributed by atoms with Crippen LogP contribution in [0.25, 0.3) is 10.2 Å². The van der Waals surface area contributed by atoms with Crippen molar-refractivity contribution in [2.45, 2.75) is 16.6 Å². The zero-order chi connectivity index (χ0) is 18.5. The van der Waals surface area contributed by atoms with Crippen LogP contribution in [-0.2, 0) is 9.59 Å². The van der Waals surface area contributed by atoms with Crippen molar-refractivity contribution in [1.29, 1.82) is 0 Å². The molecule has 1 aliphatic heterocycles. The monoisotopic (exact) mass is 403 g/mol. The molecule has 1 N–H and O–H groups in total. The number of hydrogen-bond donors (Lipinski definition) is 1. The van der Waals surface area contributed by atoms with Gasteiger partial charge in [0.05, 0.1) is 15.9 Å². The molecule has 8 heteroatoms. The molecular weight excluding hydrogens is 390 g/mol. The molecule has 0 spiro atoms. The highest BCUT2D eigenvalue weighted by molar-refractivity contribution is 8.02. The number of benzene rings is 2. The van der Waals surface area contributed by atoms with Gasteiger partial charge in [-0.25, -0.2) is 4.98 Å². The Hall–Kier alpha value is -2.09. The molecule has 3 aromatic rings. The second kappa shape index (κ2) is 6.26. The van der Waals surface area contributed by atoms with Gasteiger partial charge in [-0.1, -0.05) is 46.8 Å². The van der Waals surface area contributed by atoms with Crippen molar-refractivity contribution in [3.8, 4) is 0 Å². The van der Waals surface area contributed by atoms with Crippen molar-refractivity contribution < 1.29 is 9.59 Å². The highest BCUT2D eigenvalue weighted by atomic mass is 35.5. The predicted molar refractivity (Wildman–Crippen MR) is 107 cm³/mol. The Labute approximate surface area is 163 Å². The van der Waals surface area contributed by atoms with Crippen molar-refractivity contribution in [3.05, 3.63) is 47.5 Å². The summed E-state index contributed by atoms with van der Waals surface area (Å²) in [7, 11) is 1.69. The number of halogens is 1. The summed E-state index contributed by atoms with van der Waals surface area (Å²) in [5, 5.41) is 3.86. The number of carbonyl (C=O) groups is 2. The molecule has 0 bridgehead atoms. The minimum Gasteiger partial charge on any atom is -0.313 e. The fraction of sp³-hybridized carbons (Fsp3) is 0.167. The lowest BCUT2D eigenvalue weighted by Crippen LogP contribution is -2.53. The standard InChI is InChI=1S/C18H14ClN3O2S2/c1-18(16(24)22(2)12-5-3-4-6-13(12)26-18)15(23)21-17-20-11-8-7-10(19)9-14(11)25-17/h3-9H,1-2H3,(H,20,21,23). The van der Waals surface area contributed by atoms with Gasteiger partial charge in [-0.3, -0.25) is 9.59 Å². The van der Waals surface area contributed by atoms with E-state index in [1.165, 1.54) is 28.0 Å². The van der Waals surface area contributed by atoms with Gasteiger partial charge in [-0.15, -0.1) is 0 Å². The third kappa shape index (κ3) is 2.76. The van der Waals surface area contributed by atoms with Crippen LogP contribution in [0.15, 0.2) is 47.4 Å². The van der Waals surface area contributed by atoms with E-state index in [4.69, 9.17) is 11.6 Å². The van der Waals surface area contributed by atoms with Gasteiger partial charge in [0.25, 0.3) is 11.8 Å². The minimum atomic E-state index is -1.27. The van der Waals surface area contributed by atoms with Crippen LogP contribution >= 0.6 is 34.7 Å². The Morgan fingerprint density at radius 1 is 1.27 bits per heavy atom. The number of carbonyl (C=O) groups excluding carboxylic acids is 2. The van der Waals surface area contributed by atoms with Gasteiger partial charge in [0.15, 0.2) is 9.88 Å². The number of thioether (sulfide) groups is 1. The first kappa shape index (κ1) is 17.3. The number of anilines is 2. The molecule has 2 heterocycles. The fourth-order valence-corrected chi connectivity index (χ4v) is 5.23. The number of hydrogen-bond acceptors (Lipinski definition) is 5. The number of amides is 2. The van der Waals surface area contributed by atoms with Crippen LogP contribution in [0, 0.1) is 0 Å². The average Bonchev–Trinajstić information content (AvgIpc) is 3.01. The van der Waals surface area contributed by atoms with Crippen molar-refractivity contribution in [2.24, 2.45) is 0 Å². The quantitative estimate of drug-likeness (QED) is 0.643. The maximum Gasteiger partial charge on any atom is 0.252 e. The number of rotatable bonds is 2. The molecule has 132 valence electrons. The van der Waals surface area contributed by atoms with Crippen LogP contribution in [0.5, 0.6) is 0 Å². The first-order chi connectivity index (χ1) is 12.4. The Morgan fingerprint density at radius 2 is 2.04 bits per heavy atom. The van der Waals surface area contributed by atoms with Gasteiger partial charge < -0.3 is 10.2 Å². The van der Waals surface area contributed by atoms with Crippen LogP contribution in [0.1, 0.15) is 6.92 Å². The molecular formula is C18H14ClN3O2S2. The van der Waals surface area contributed by atoms with Crippen LogP contribution in [-0.4, -0.2) is 28.6 Å². The Balaban J connectivity index is 1.65. The van der Waals surface area contributed by atoms with E-state index in [1.54, 1.807) is 32.2 Å². The molecule has 0 radical (unpaired) electrons. The molecule has 0 saturated carbocycles. The van der Waals surface area contributed by atoms with Crippen molar-refractivity contribution in [1.82, 2.24) is 4.98 Å². The van der Waals surface area contributed by atoms with Gasteiger partial charge in [-0.2, -0.15) is 0 Å². The van der Waals surface area contributed by atoms with Crippen LogP contribution in [0.4, 0.5) is 10.8 Å². The molecule has 4 rings (SSSR count). The molecule has 2 amide bonds. The lowest BCUT2D eigenvalue weighted by molar-refractivity contribution is -0.128. The van der Waals surface area contributed by atoms with E-state index in [1.807, 2.05) is 24.3 Å². The maximum atomic E-state index is 13.0. The summed E-state index contributed by atoms with van der Waals surface area (Å²) < 4.78 is -0.387. The largest absolute Gasteiger partial charge is 0.313 e. The summed E-state index contributed by atoms with van der Waals surface area (Å²) in [5.74, 6) is -0.651.